The lowest BCUT2D eigenvalue weighted by molar-refractivity contribution is -0.385. The van der Waals surface area contributed by atoms with Crippen molar-refractivity contribution in [3.05, 3.63) is 50.4 Å². The molecule has 20 heavy (non-hydrogen) atoms. The van der Waals surface area contributed by atoms with E-state index in [2.05, 4.69) is 25.7 Å². The Hall–Kier alpha value is -3.30. The Bertz CT molecular complexity index is 726. The van der Waals surface area contributed by atoms with Crippen LogP contribution in [-0.4, -0.2) is 31.4 Å². The van der Waals surface area contributed by atoms with Crippen LogP contribution in [0.3, 0.4) is 0 Å². The summed E-state index contributed by atoms with van der Waals surface area (Å²) in [7, 11) is 0. The van der Waals surface area contributed by atoms with E-state index in [-0.39, 0.29) is 5.95 Å². The number of nitro groups is 1. The number of aromatic nitrogens is 3. The molecule has 0 unspecified atom stereocenters. The third-order valence-corrected chi connectivity index (χ3v) is 2.15. The van der Waals surface area contributed by atoms with Crippen LogP contribution in [0, 0.1) is 10.1 Å². The number of benzene rings is 1. The molecule has 3 N–H and O–H groups in total. The Kier molecular flexibility index (Phi) is 3.65. The first-order chi connectivity index (χ1) is 9.56. The number of phenolic OH excluding ortho intramolecular Hbond substituents is 1. The molecular weight excluding hydrogens is 268 g/mol. The van der Waals surface area contributed by atoms with Gasteiger partial charge in [0.25, 0.3) is 5.56 Å². The van der Waals surface area contributed by atoms with Gasteiger partial charge in [0.1, 0.15) is 6.20 Å². The summed E-state index contributed by atoms with van der Waals surface area (Å²) >= 11 is 0. The molecule has 0 saturated carbocycles. The predicted molar refractivity (Wildman–Crippen MR) is 68.6 cm³/mol. The number of H-pyrrole nitrogens is 1. The molecule has 0 amide bonds. The van der Waals surface area contributed by atoms with Crippen molar-refractivity contribution in [3.63, 3.8) is 0 Å². The van der Waals surface area contributed by atoms with Gasteiger partial charge in [-0.3, -0.25) is 19.9 Å². The molecule has 0 saturated heterocycles. The highest BCUT2D eigenvalue weighted by Gasteiger charge is 2.12. The third kappa shape index (κ3) is 3.13. The van der Waals surface area contributed by atoms with Gasteiger partial charge in [0.05, 0.1) is 11.1 Å². The molecule has 1 aromatic heterocycles. The molecule has 0 radical (unpaired) electrons. The monoisotopic (exact) mass is 276 g/mol. The molecule has 102 valence electrons. The molecule has 0 aliphatic heterocycles. The molecule has 0 bridgehead atoms. The number of nitrogens with zero attached hydrogens (tertiary/aromatic N) is 4. The highest BCUT2D eigenvalue weighted by molar-refractivity contribution is 5.81. The minimum atomic E-state index is -0.708. The number of nitro benzene ring substituents is 1. The van der Waals surface area contributed by atoms with Crippen LogP contribution in [0.1, 0.15) is 5.56 Å². The number of anilines is 1. The number of hydrogen-bond donors (Lipinski definition) is 3. The van der Waals surface area contributed by atoms with E-state index < -0.39 is 21.9 Å². The average molecular weight is 276 g/mol. The highest BCUT2D eigenvalue weighted by atomic mass is 16.6. The van der Waals surface area contributed by atoms with Gasteiger partial charge in [0.15, 0.2) is 5.75 Å². The summed E-state index contributed by atoms with van der Waals surface area (Å²) in [5.41, 5.74) is 1.91. The van der Waals surface area contributed by atoms with Gasteiger partial charge < -0.3 is 5.11 Å². The van der Waals surface area contributed by atoms with E-state index >= 15 is 0 Å². The Morgan fingerprint density at radius 1 is 1.50 bits per heavy atom. The summed E-state index contributed by atoms with van der Waals surface area (Å²) in [6, 6.07) is 3.77. The quantitative estimate of drug-likeness (QED) is 0.411. The highest BCUT2D eigenvalue weighted by Crippen LogP contribution is 2.25. The lowest BCUT2D eigenvalue weighted by atomic mass is 10.2. The van der Waals surface area contributed by atoms with Crippen molar-refractivity contribution in [2.24, 2.45) is 5.10 Å². The van der Waals surface area contributed by atoms with Crippen molar-refractivity contribution in [2.45, 2.75) is 0 Å². The van der Waals surface area contributed by atoms with E-state index in [1.54, 1.807) is 0 Å². The molecule has 0 atom stereocenters. The van der Waals surface area contributed by atoms with Crippen LogP contribution < -0.4 is 11.0 Å². The van der Waals surface area contributed by atoms with Gasteiger partial charge in [-0.05, 0) is 12.1 Å². The van der Waals surface area contributed by atoms with Gasteiger partial charge in [-0.1, -0.05) is 0 Å². The topological polar surface area (TPSA) is 146 Å². The van der Waals surface area contributed by atoms with E-state index in [0.29, 0.717) is 5.56 Å². The summed E-state index contributed by atoms with van der Waals surface area (Å²) < 4.78 is 0. The minimum absolute atomic E-state index is 0.0297. The zero-order chi connectivity index (χ0) is 14.5. The van der Waals surface area contributed by atoms with Gasteiger partial charge in [0, 0.05) is 11.6 Å². The summed E-state index contributed by atoms with van der Waals surface area (Å²) in [4.78, 5) is 23.2. The number of phenols is 1. The Balaban J connectivity index is 2.14. The molecule has 10 nitrogen and oxygen atoms in total. The first kappa shape index (κ1) is 13.1. The largest absolute Gasteiger partial charge is 0.502 e. The van der Waals surface area contributed by atoms with Crippen LogP contribution in [0.25, 0.3) is 0 Å². The Morgan fingerprint density at radius 3 is 3.00 bits per heavy atom. The Labute approximate surface area is 111 Å². The summed E-state index contributed by atoms with van der Waals surface area (Å²) in [6.07, 6.45) is 2.26. The molecular formula is C10H8N6O4. The third-order valence-electron chi connectivity index (χ3n) is 2.15. The molecule has 0 fully saturated rings. The molecule has 1 heterocycles. The van der Waals surface area contributed by atoms with E-state index in [1.807, 2.05) is 0 Å². The van der Waals surface area contributed by atoms with Crippen LogP contribution in [0.4, 0.5) is 11.6 Å². The van der Waals surface area contributed by atoms with Crippen molar-refractivity contribution in [1.82, 2.24) is 15.2 Å². The van der Waals surface area contributed by atoms with Gasteiger partial charge in [-0.2, -0.15) is 5.10 Å². The van der Waals surface area contributed by atoms with Gasteiger partial charge in [-0.25, -0.2) is 5.43 Å². The maximum atomic E-state index is 10.9. The standard InChI is InChI=1S/C10H8N6O4/c17-8-2-1-6(3-7(8)16(19)20)4-11-14-10-13-9(18)5-12-15-10/h1-5,17H,(H2,13,14,15,18)/b11-4+. The zero-order valence-corrected chi connectivity index (χ0v) is 9.85. The van der Waals surface area contributed by atoms with E-state index in [0.717, 1.165) is 12.3 Å². The average Bonchev–Trinajstić information content (AvgIpc) is 2.40. The van der Waals surface area contributed by atoms with Crippen LogP contribution in [0.15, 0.2) is 34.3 Å². The zero-order valence-electron chi connectivity index (χ0n) is 9.85. The predicted octanol–water partition coefficient (Wildman–Crippen LogP) is 0.225. The lowest BCUT2D eigenvalue weighted by Gasteiger charge is -1.98. The molecule has 10 heteroatoms. The van der Waals surface area contributed by atoms with Crippen molar-refractivity contribution in [1.29, 1.82) is 0 Å². The van der Waals surface area contributed by atoms with E-state index in [1.165, 1.54) is 18.3 Å². The molecule has 2 rings (SSSR count). The SMILES string of the molecule is O=c1cnnc(N/N=C/c2ccc(O)c([N+](=O)[O-])c2)[nH]1. The maximum Gasteiger partial charge on any atom is 0.311 e. The Morgan fingerprint density at radius 2 is 2.30 bits per heavy atom. The number of nitrogens with one attached hydrogen (secondary N) is 2. The van der Waals surface area contributed by atoms with Gasteiger partial charge in [0.2, 0.25) is 5.95 Å². The molecule has 0 aliphatic carbocycles. The van der Waals surface area contributed by atoms with Crippen LogP contribution in [0.2, 0.25) is 0 Å². The number of hydrogen-bond acceptors (Lipinski definition) is 8. The fourth-order valence-electron chi connectivity index (χ4n) is 1.30. The maximum absolute atomic E-state index is 10.9. The molecule has 0 aliphatic rings. The lowest BCUT2D eigenvalue weighted by Crippen LogP contribution is -2.10. The summed E-state index contributed by atoms with van der Waals surface area (Å²) in [5, 5.41) is 30.6. The van der Waals surface area contributed by atoms with E-state index in [4.69, 9.17) is 0 Å². The molecule has 1 aromatic carbocycles. The second kappa shape index (κ2) is 5.56. The first-order valence-corrected chi connectivity index (χ1v) is 5.25. The van der Waals surface area contributed by atoms with Crippen molar-refractivity contribution in [2.75, 3.05) is 5.43 Å². The smallest absolute Gasteiger partial charge is 0.311 e. The van der Waals surface area contributed by atoms with Crippen molar-refractivity contribution in [3.8, 4) is 5.75 Å². The normalized spacial score (nSPS) is 10.6. The van der Waals surface area contributed by atoms with Crippen LogP contribution in [-0.2, 0) is 0 Å². The fraction of sp³-hybridized carbons (Fsp3) is 0. The van der Waals surface area contributed by atoms with Crippen molar-refractivity contribution < 1.29 is 10.0 Å². The van der Waals surface area contributed by atoms with Crippen LogP contribution in [0.5, 0.6) is 5.75 Å². The summed E-state index contributed by atoms with van der Waals surface area (Å²) in [5.74, 6) is -0.402. The number of rotatable bonds is 4. The second-order valence-electron chi connectivity index (χ2n) is 3.56. The van der Waals surface area contributed by atoms with Gasteiger partial charge >= 0.3 is 5.69 Å². The van der Waals surface area contributed by atoms with E-state index in [9.17, 15) is 20.0 Å². The van der Waals surface area contributed by atoms with Crippen molar-refractivity contribution >= 4 is 17.9 Å². The molecule has 2 aromatic rings. The number of hydrazone groups is 1. The second-order valence-corrected chi connectivity index (χ2v) is 3.56. The number of aromatic hydroxyl groups is 1. The first-order valence-electron chi connectivity index (χ1n) is 5.25. The van der Waals surface area contributed by atoms with Crippen LogP contribution >= 0.6 is 0 Å². The minimum Gasteiger partial charge on any atom is -0.502 e. The number of aromatic amines is 1. The molecule has 0 spiro atoms. The summed E-state index contributed by atoms with van der Waals surface area (Å²) in [6.45, 7) is 0. The fourth-order valence-corrected chi connectivity index (χ4v) is 1.30. The van der Waals surface area contributed by atoms with Gasteiger partial charge in [-0.15, -0.1) is 10.2 Å².